The number of hydrogen-bond donors (Lipinski definition) is 4. The minimum atomic E-state index is -0.480. The highest BCUT2D eigenvalue weighted by Gasteiger charge is 2.03. The summed E-state index contributed by atoms with van der Waals surface area (Å²) < 4.78 is 0. The van der Waals surface area contributed by atoms with Crippen LogP contribution >= 0.6 is 23.2 Å². The average molecular weight is 321 g/mol. The number of anilines is 2. The van der Waals surface area contributed by atoms with Crippen LogP contribution in [0, 0.1) is 0 Å². The predicted octanol–water partition coefficient (Wildman–Crippen LogP) is 0.945. The molecule has 0 spiro atoms. The van der Waals surface area contributed by atoms with Crippen molar-refractivity contribution in [3.63, 3.8) is 0 Å². The summed E-state index contributed by atoms with van der Waals surface area (Å²) in [5.41, 5.74) is 11.5. The summed E-state index contributed by atoms with van der Waals surface area (Å²) in [5.74, 6) is -1.13. The molecule has 0 fully saturated rings. The molecule has 0 aromatic heterocycles. The second kappa shape index (κ2) is 11.2. The Balaban J connectivity index is 0.000000310. The highest BCUT2D eigenvalue weighted by atomic mass is 35.5. The number of nitrogens with two attached hydrogens (primary N) is 2. The van der Waals surface area contributed by atoms with Crippen LogP contribution in [0.4, 0.5) is 11.4 Å². The van der Waals surface area contributed by atoms with E-state index in [0.29, 0.717) is 0 Å². The summed E-state index contributed by atoms with van der Waals surface area (Å²) in [7, 11) is 0. The Morgan fingerprint density at radius 2 is 1.25 bits per heavy atom. The third-order valence-corrected chi connectivity index (χ3v) is 2.47. The average Bonchev–Trinajstić information content (AvgIpc) is 2.48. The number of rotatable bonds is 2. The Kier molecular flexibility index (Phi) is 10.3. The molecule has 0 saturated carbocycles. The first kappa shape index (κ1) is 18.3. The van der Waals surface area contributed by atoms with Crippen molar-refractivity contribution in [2.24, 2.45) is 11.5 Å². The van der Waals surface area contributed by atoms with Gasteiger partial charge in [0.05, 0.1) is 11.4 Å². The molecule has 1 heterocycles. The van der Waals surface area contributed by atoms with E-state index in [1.165, 1.54) is 11.4 Å². The lowest BCUT2D eigenvalue weighted by molar-refractivity contribution is -0.116. The monoisotopic (exact) mass is 320 g/mol. The van der Waals surface area contributed by atoms with E-state index in [4.69, 9.17) is 23.2 Å². The van der Waals surface area contributed by atoms with Gasteiger partial charge < -0.3 is 22.1 Å². The van der Waals surface area contributed by atoms with Crippen molar-refractivity contribution in [1.29, 1.82) is 0 Å². The van der Waals surface area contributed by atoms with Gasteiger partial charge in [0.15, 0.2) is 0 Å². The molecular formula is C12H18Cl2N4O2. The summed E-state index contributed by atoms with van der Waals surface area (Å²) in [6.45, 7) is 2.05. The SMILES string of the molecule is NC(=O)CCl.NC(=O)CCl.c1ccc2c(c1)NCCN2. The molecule has 1 aromatic rings. The number of nitrogens with one attached hydrogen (secondary N) is 2. The molecule has 0 aliphatic carbocycles. The van der Waals surface area contributed by atoms with Crippen LogP contribution in [0.5, 0.6) is 0 Å². The molecule has 0 saturated heterocycles. The molecule has 112 valence electrons. The van der Waals surface area contributed by atoms with E-state index in [1.807, 2.05) is 12.1 Å². The van der Waals surface area contributed by atoms with Gasteiger partial charge in [-0.3, -0.25) is 9.59 Å². The number of carbonyl (C=O) groups is 2. The van der Waals surface area contributed by atoms with Crippen LogP contribution in [0.25, 0.3) is 0 Å². The first-order valence-electron chi connectivity index (χ1n) is 5.76. The standard InChI is InChI=1S/C8H10N2.2C2H4ClNO/c1-2-4-8-7(3-1)9-5-6-10-8;2*3-1-2(4)5/h1-4,9-10H,5-6H2;2*1H2,(H2,4,5). The molecule has 0 unspecified atom stereocenters. The highest BCUT2D eigenvalue weighted by Crippen LogP contribution is 2.22. The zero-order valence-electron chi connectivity index (χ0n) is 10.9. The van der Waals surface area contributed by atoms with Crippen molar-refractivity contribution in [3.8, 4) is 0 Å². The Labute approximate surface area is 127 Å². The van der Waals surface area contributed by atoms with E-state index in [-0.39, 0.29) is 11.8 Å². The number of carbonyl (C=O) groups excluding carboxylic acids is 2. The van der Waals surface area contributed by atoms with Crippen LogP contribution in [0.3, 0.4) is 0 Å². The molecule has 6 nitrogen and oxygen atoms in total. The van der Waals surface area contributed by atoms with E-state index in [1.54, 1.807) is 0 Å². The Morgan fingerprint density at radius 1 is 0.950 bits per heavy atom. The van der Waals surface area contributed by atoms with E-state index >= 15 is 0 Å². The molecule has 20 heavy (non-hydrogen) atoms. The van der Waals surface area contributed by atoms with Crippen molar-refractivity contribution >= 4 is 46.4 Å². The fourth-order valence-corrected chi connectivity index (χ4v) is 1.19. The van der Waals surface area contributed by atoms with Crippen LogP contribution in [-0.4, -0.2) is 36.7 Å². The van der Waals surface area contributed by atoms with Crippen LogP contribution in [0.2, 0.25) is 0 Å². The maximum atomic E-state index is 9.46. The molecule has 1 aliphatic heterocycles. The van der Waals surface area contributed by atoms with Gasteiger partial charge in [0.1, 0.15) is 11.8 Å². The van der Waals surface area contributed by atoms with Crippen molar-refractivity contribution < 1.29 is 9.59 Å². The summed E-state index contributed by atoms with van der Waals surface area (Å²) in [6, 6.07) is 8.25. The van der Waals surface area contributed by atoms with Crippen molar-refractivity contribution in [2.45, 2.75) is 0 Å². The highest BCUT2D eigenvalue weighted by molar-refractivity contribution is 6.27. The van der Waals surface area contributed by atoms with E-state index in [2.05, 4.69) is 34.2 Å². The zero-order valence-corrected chi connectivity index (χ0v) is 12.4. The fourth-order valence-electron chi connectivity index (χ4n) is 1.19. The predicted molar refractivity (Wildman–Crippen MR) is 83.3 cm³/mol. The van der Waals surface area contributed by atoms with Gasteiger partial charge in [-0.2, -0.15) is 0 Å². The number of alkyl halides is 2. The largest absolute Gasteiger partial charge is 0.382 e. The number of halogens is 2. The molecule has 2 amide bonds. The Bertz CT molecular complexity index is 391. The van der Waals surface area contributed by atoms with Crippen LogP contribution in [0.1, 0.15) is 0 Å². The van der Waals surface area contributed by atoms with E-state index in [0.717, 1.165) is 13.1 Å². The second-order valence-electron chi connectivity index (χ2n) is 3.60. The molecule has 0 bridgehead atoms. The first-order valence-corrected chi connectivity index (χ1v) is 6.83. The number of fused-ring (bicyclic) bond motifs is 1. The lowest BCUT2D eigenvalue weighted by atomic mass is 10.2. The number of para-hydroxylation sites is 2. The number of hydrogen-bond acceptors (Lipinski definition) is 4. The molecule has 0 atom stereocenters. The van der Waals surface area contributed by atoms with Crippen LogP contribution in [-0.2, 0) is 9.59 Å². The van der Waals surface area contributed by atoms with Gasteiger partial charge in [-0.25, -0.2) is 0 Å². The maximum absolute atomic E-state index is 9.46. The van der Waals surface area contributed by atoms with Gasteiger partial charge in [-0.1, -0.05) is 12.1 Å². The molecule has 0 radical (unpaired) electrons. The fraction of sp³-hybridized carbons (Fsp3) is 0.333. The van der Waals surface area contributed by atoms with Gasteiger partial charge in [0.2, 0.25) is 11.8 Å². The van der Waals surface area contributed by atoms with Gasteiger partial charge >= 0.3 is 0 Å². The summed E-state index contributed by atoms with van der Waals surface area (Å²) in [4.78, 5) is 18.9. The quantitative estimate of drug-likeness (QED) is 0.608. The molecule has 8 heteroatoms. The smallest absolute Gasteiger partial charge is 0.232 e. The summed E-state index contributed by atoms with van der Waals surface area (Å²) in [6.07, 6.45) is 0. The van der Waals surface area contributed by atoms with Crippen LogP contribution in [0.15, 0.2) is 24.3 Å². The minimum Gasteiger partial charge on any atom is -0.382 e. The van der Waals surface area contributed by atoms with Gasteiger partial charge in [-0.15, -0.1) is 23.2 Å². The number of primary amides is 2. The number of amides is 2. The summed E-state index contributed by atoms with van der Waals surface area (Å²) >= 11 is 9.72. The minimum absolute atomic E-state index is 0.0833. The molecule has 1 aliphatic rings. The van der Waals surface area contributed by atoms with Gasteiger partial charge in [-0.05, 0) is 12.1 Å². The lowest BCUT2D eigenvalue weighted by Crippen LogP contribution is -2.19. The normalized spacial score (nSPS) is 11.1. The van der Waals surface area contributed by atoms with Crippen molar-refractivity contribution in [3.05, 3.63) is 24.3 Å². The molecule has 1 aromatic carbocycles. The number of benzene rings is 1. The second-order valence-corrected chi connectivity index (χ2v) is 4.13. The molecule has 6 N–H and O–H groups in total. The molecule has 2 rings (SSSR count). The van der Waals surface area contributed by atoms with E-state index in [9.17, 15) is 9.59 Å². The van der Waals surface area contributed by atoms with E-state index < -0.39 is 11.8 Å². The van der Waals surface area contributed by atoms with Crippen LogP contribution < -0.4 is 22.1 Å². The van der Waals surface area contributed by atoms with Gasteiger partial charge in [0.25, 0.3) is 0 Å². The first-order chi connectivity index (χ1) is 9.51. The van der Waals surface area contributed by atoms with Gasteiger partial charge in [0, 0.05) is 13.1 Å². The third kappa shape index (κ3) is 9.29. The lowest BCUT2D eigenvalue weighted by Gasteiger charge is -2.18. The Morgan fingerprint density at radius 3 is 1.50 bits per heavy atom. The topological polar surface area (TPSA) is 110 Å². The zero-order chi connectivity index (χ0) is 15.4. The van der Waals surface area contributed by atoms with Crippen molar-refractivity contribution in [1.82, 2.24) is 0 Å². The third-order valence-electron chi connectivity index (χ3n) is 1.95. The maximum Gasteiger partial charge on any atom is 0.232 e. The van der Waals surface area contributed by atoms with Crippen molar-refractivity contribution in [2.75, 3.05) is 35.5 Å². The summed E-state index contributed by atoms with van der Waals surface area (Å²) in [5, 5.41) is 6.60. The molecular weight excluding hydrogens is 303 g/mol. The Hall–Kier alpha value is -1.66.